The van der Waals surface area contributed by atoms with Gasteiger partial charge in [-0.05, 0) is 62.1 Å². The normalized spacial score (nSPS) is 12.1. The smallest absolute Gasteiger partial charge is 0.193 e. The summed E-state index contributed by atoms with van der Waals surface area (Å²) in [6, 6.07) is 10.3. The van der Waals surface area contributed by atoms with Crippen LogP contribution in [0.2, 0.25) is 0 Å². The average molecular weight is 459 g/mol. The monoisotopic (exact) mass is 458 g/mol. The van der Waals surface area contributed by atoms with Crippen LogP contribution in [-0.4, -0.2) is 47.2 Å². The standard InChI is InChI=1S/C26H34O7/c1-25(2,29)23(27)17-7-9-19(13-31-5)21(11-17)15-33-16-22-12-18(24(28)26(3,4)30)8-10-20(22)14-32-6/h7-12,29-30H,13-16H2,1-6H3. The van der Waals surface area contributed by atoms with Crippen molar-refractivity contribution >= 4 is 11.6 Å². The molecule has 0 amide bonds. The van der Waals surface area contributed by atoms with E-state index in [2.05, 4.69) is 0 Å². The maximum atomic E-state index is 12.5. The lowest BCUT2D eigenvalue weighted by atomic mass is 9.94. The van der Waals surface area contributed by atoms with E-state index in [9.17, 15) is 19.8 Å². The number of carbonyl (C=O) groups excluding carboxylic acids is 2. The van der Waals surface area contributed by atoms with E-state index in [0.717, 1.165) is 22.3 Å². The maximum Gasteiger partial charge on any atom is 0.193 e. The number of ketones is 2. The molecule has 7 heteroatoms. The van der Waals surface area contributed by atoms with Crippen LogP contribution in [0.4, 0.5) is 0 Å². The van der Waals surface area contributed by atoms with Crippen LogP contribution in [0.1, 0.15) is 70.7 Å². The van der Waals surface area contributed by atoms with Crippen molar-refractivity contribution in [2.24, 2.45) is 0 Å². The molecule has 7 nitrogen and oxygen atoms in total. The van der Waals surface area contributed by atoms with Crippen LogP contribution in [0, 0.1) is 0 Å². The Balaban J connectivity index is 2.27. The van der Waals surface area contributed by atoms with Crippen LogP contribution < -0.4 is 0 Å². The van der Waals surface area contributed by atoms with Gasteiger partial charge in [-0.15, -0.1) is 0 Å². The third kappa shape index (κ3) is 7.28. The molecule has 33 heavy (non-hydrogen) atoms. The Labute approximate surface area is 195 Å². The number of methoxy groups -OCH3 is 2. The number of Topliss-reactive ketones (excluding diaryl/α,β-unsaturated/α-hetero) is 2. The van der Waals surface area contributed by atoms with Crippen molar-refractivity contribution in [2.75, 3.05) is 14.2 Å². The lowest BCUT2D eigenvalue weighted by Crippen LogP contribution is -2.31. The summed E-state index contributed by atoms with van der Waals surface area (Å²) in [4.78, 5) is 25.0. The largest absolute Gasteiger partial charge is 0.382 e. The van der Waals surface area contributed by atoms with E-state index in [4.69, 9.17) is 14.2 Å². The molecule has 0 aromatic heterocycles. The minimum Gasteiger partial charge on any atom is -0.382 e. The third-order valence-electron chi connectivity index (χ3n) is 5.16. The Kier molecular flexibility index (Phi) is 9.05. The number of aliphatic hydroxyl groups is 2. The summed E-state index contributed by atoms with van der Waals surface area (Å²) < 4.78 is 16.5. The van der Waals surface area contributed by atoms with Gasteiger partial charge in [0.05, 0.1) is 26.4 Å². The molecule has 2 aromatic carbocycles. The predicted molar refractivity (Wildman–Crippen MR) is 124 cm³/mol. The lowest BCUT2D eigenvalue weighted by molar-refractivity contribution is 0.0487. The van der Waals surface area contributed by atoms with Gasteiger partial charge in [-0.1, -0.05) is 24.3 Å². The van der Waals surface area contributed by atoms with E-state index >= 15 is 0 Å². The summed E-state index contributed by atoms with van der Waals surface area (Å²) in [7, 11) is 3.17. The molecule has 0 aliphatic heterocycles. The van der Waals surface area contributed by atoms with E-state index in [1.807, 2.05) is 0 Å². The van der Waals surface area contributed by atoms with Crippen molar-refractivity contribution in [3.63, 3.8) is 0 Å². The molecule has 0 saturated heterocycles. The van der Waals surface area contributed by atoms with E-state index in [1.54, 1.807) is 50.6 Å². The van der Waals surface area contributed by atoms with Crippen LogP contribution in [0.3, 0.4) is 0 Å². The highest BCUT2D eigenvalue weighted by Gasteiger charge is 2.27. The van der Waals surface area contributed by atoms with Crippen molar-refractivity contribution in [3.05, 3.63) is 69.8 Å². The van der Waals surface area contributed by atoms with Crippen molar-refractivity contribution in [1.82, 2.24) is 0 Å². The summed E-state index contributed by atoms with van der Waals surface area (Å²) >= 11 is 0. The first-order valence-electron chi connectivity index (χ1n) is 10.7. The topological polar surface area (TPSA) is 102 Å². The molecule has 0 bridgehead atoms. The molecule has 0 atom stereocenters. The minimum atomic E-state index is -1.48. The lowest BCUT2D eigenvalue weighted by Gasteiger charge is -2.18. The molecule has 0 fully saturated rings. The first-order chi connectivity index (χ1) is 15.4. The van der Waals surface area contributed by atoms with Crippen molar-refractivity contribution < 1.29 is 34.0 Å². The Morgan fingerprint density at radius 1 is 0.667 bits per heavy atom. The highest BCUT2D eigenvalue weighted by Crippen LogP contribution is 2.22. The van der Waals surface area contributed by atoms with Crippen LogP contribution in [0.5, 0.6) is 0 Å². The van der Waals surface area contributed by atoms with Gasteiger partial charge in [0, 0.05) is 25.3 Å². The Hall–Kier alpha value is -2.42. The summed E-state index contributed by atoms with van der Waals surface area (Å²) in [5.41, 5.74) is 1.08. The van der Waals surface area contributed by atoms with Crippen molar-refractivity contribution in [3.8, 4) is 0 Å². The highest BCUT2D eigenvalue weighted by atomic mass is 16.5. The fraction of sp³-hybridized carbons (Fsp3) is 0.462. The summed E-state index contributed by atoms with van der Waals surface area (Å²) in [6.07, 6.45) is 0. The van der Waals surface area contributed by atoms with Gasteiger partial charge in [-0.25, -0.2) is 0 Å². The fourth-order valence-corrected chi connectivity index (χ4v) is 3.37. The quantitative estimate of drug-likeness (QED) is 0.469. The molecule has 0 aliphatic carbocycles. The van der Waals surface area contributed by atoms with Crippen LogP contribution in [0.25, 0.3) is 0 Å². The average Bonchev–Trinajstić information content (AvgIpc) is 2.73. The van der Waals surface area contributed by atoms with E-state index in [-0.39, 0.29) is 24.8 Å². The summed E-state index contributed by atoms with van der Waals surface area (Å²) in [5, 5.41) is 20.1. The molecule has 0 radical (unpaired) electrons. The zero-order valence-corrected chi connectivity index (χ0v) is 20.2. The number of carbonyl (C=O) groups is 2. The molecule has 0 unspecified atom stereocenters. The molecule has 0 aliphatic rings. The molecule has 180 valence electrons. The van der Waals surface area contributed by atoms with Gasteiger partial charge in [0.25, 0.3) is 0 Å². The summed E-state index contributed by atoms with van der Waals surface area (Å²) in [6.45, 7) is 6.90. The Bertz CT molecular complexity index is 902. The Morgan fingerprint density at radius 2 is 1.03 bits per heavy atom. The number of benzene rings is 2. The van der Waals surface area contributed by atoms with Crippen LogP contribution in [0.15, 0.2) is 36.4 Å². The zero-order valence-electron chi connectivity index (χ0n) is 20.2. The van der Waals surface area contributed by atoms with Gasteiger partial charge in [0.2, 0.25) is 0 Å². The second-order valence-corrected chi connectivity index (χ2v) is 9.10. The molecule has 0 spiro atoms. The van der Waals surface area contributed by atoms with E-state index in [0.29, 0.717) is 24.3 Å². The molecule has 2 rings (SSSR count). The van der Waals surface area contributed by atoms with Gasteiger partial charge >= 0.3 is 0 Å². The summed E-state index contributed by atoms with van der Waals surface area (Å²) in [5.74, 6) is -0.763. The minimum absolute atomic E-state index is 0.196. The molecule has 0 heterocycles. The molecule has 2 N–H and O–H groups in total. The SMILES string of the molecule is COCc1ccc(C(=O)C(C)(C)O)cc1COCc1cc(C(=O)C(C)(C)O)ccc1COC. The van der Waals surface area contributed by atoms with Gasteiger partial charge in [-0.2, -0.15) is 0 Å². The van der Waals surface area contributed by atoms with Gasteiger partial charge < -0.3 is 24.4 Å². The number of hydrogen-bond acceptors (Lipinski definition) is 7. The third-order valence-corrected chi connectivity index (χ3v) is 5.16. The Morgan fingerprint density at radius 3 is 1.33 bits per heavy atom. The zero-order chi connectivity index (χ0) is 24.8. The molecular formula is C26H34O7. The van der Waals surface area contributed by atoms with Crippen molar-refractivity contribution in [2.45, 2.75) is 65.3 Å². The maximum absolute atomic E-state index is 12.5. The van der Waals surface area contributed by atoms with E-state index in [1.165, 1.54) is 27.7 Å². The van der Waals surface area contributed by atoms with Gasteiger partial charge in [-0.3, -0.25) is 9.59 Å². The highest BCUT2D eigenvalue weighted by molar-refractivity contribution is 6.02. The van der Waals surface area contributed by atoms with Gasteiger partial charge in [0.15, 0.2) is 11.6 Å². The number of hydrogen-bond donors (Lipinski definition) is 2. The molecule has 2 aromatic rings. The van der Waals surface area contributed by atoms with Crippen molar-refractivity contribution in [1.29, 1.82) is 0 Å². The first kappa shape index (κ1) is 26.8. The number of rotatable bonds is 12. The predicted octanol–water partition coefficient (Wildman–Crippen LogP) is 3.60. The number of ether oxygens (including phenoxy) is 3. The molecule has 0 saturated carbocycles. The van der Waals surface area contributed by atoms with Crippen LogP contribution in [-0.2, 0) is 40.6 Å². The fourth-order valence-electron chi connectivity index (χ4n) is 3.37. The van der Waals surface area contributed by atoms with Crippen LogP contribution >= 0.6 is 0 Å². The van der Waals surface area contributed by atoms with Gasteiger partial charge in [0.1, 0.15) is 11.2 Å². The second kappa shape index (κ2) is 11.1. The second-order valence-electron chi connectivity index (χ2n) is 9.10. The first-order valence-corrected chi connectivity index (χ1v) is 10.7. The van der Waals surface area contributed by atoms with E-state index < -0.39 is 11.2 Å². The molecular weight excluding hydrogens is 424 g/mol.